The number of hydrogen-bond acceptors (Lipinski definition) is 4. The second-order valence-electron chi connectivity index (χ2n) is 8.59. The van der Waals surface area contributed by atoms with Crippen LogP contribution in [0.3, 0.4) is 0 Å². The van der Waals surface area contributed by atoms with E-state index in [0.29, 0.717) is 32.5 Å². The molecule has 1 aliphatic heterocycles. The maximum Gasteiger partial charge on any atom is 0.246 e. The van der Waals surface area contributed by atoms with Gasteiger partial charge in [0.1, 0.15) is 5.76 Å². The average molecular weight is 447 g/mol. The van der Waals surface area contributed by atoms with Crippen molar-refractivity contribution in [2.45, 2.75) is 40.2 Å². The first-order valence-corrected chi connectivity index (χ1v) is 11.3. The molecular weight excluding hydrogens is 416 g/mol. The maximum atomic E-state index is 12.7. The highest BCUT2D eigenvalue weighted by Gasteiger charge is 2.26. The van der Waals surface area contributed by atoms with Gasteiger partial charge in [0.15, 0.2) is 5.82 Å². The molecule has 0 aliphatic carbocycles. The summed E-state index contributed by atoms with van der Waals surface area (Å²) in [7, 11) is 0. The summed E-state index contributed by atoms with van der Waals surface area (Å²) in [5.74, 6) is 1.48. The van der Waals surface area contributed by atoms with Crippen molar-refractivity contribution in [3.8, 4) is 5.82 Å². The van der Waals surface area contributed by atoms with Crippen molar-refractivity contribution >= 4 is 17.9 Å². The quantitative estimate of drug-likeness (QED) is 0.581. The highest BCUT2D eigenvalue weighted by molar-refractivity contribution is 5.92. The van der Waals surface area contributed by atoms with E-state index in [0.717, 1.165) is 34.1 Å². The van der Waals surface area contributed by atoms with Crippen molar-refractivity contribution in [2.24, 2.45) is 5.92 Å². The Morgan fingerprint density at radius 2 is 1.85 bits per heavy atom. The zero-order valence-electron chi connectivity index (χ0n) is 19.4. The summed E-state index contributed by atoms with van der Waals surface area (Å²) in [5, 5.41) is 7.12. The van der Waals surface area contributed by atoms with Gasteiger partial charge in [0.2, 0.25) is 11.8 Å². The van der Waals surface area contributed by atoms with Gasteiger partial charge in [-0.2, -0.15) is 0 Å². The lowest BCUT2D eigenvalue weighted by molar-refractivity contribution is -0.132. The second-order valence-corrected chi connectivity index (χ2v) is 8.59. The number of aryl methyl sites for hydroxylation is 2. The number of likely N-dealkylation sites (tertiary alicyclic amines) is 1. The summed E-state index contributed by atoms with van der Waals surface area (Å²) in [6, 6.07) is 13.8. The van der Waals surface area contributed by atoms with Crippen LogP contribution in [0.15, 0.2) is 53.1 Å². The average Bonchev–Trinajstić information content (AvgIpc) is 3.38. The highest BCUT2D eigenvalue weighted by Crippen LogP contribution is 2.22. The van der Waals surface area contributed by atoms with E-state index in [1.54, 1.807) is 6.08 Å². The number of rotatable bonds is 6. The predicted octanol–water partition coefficient (Wildman–Crippen LogP) is 3.96. The zero-order valence-corrected chi connectivity index (χ0v) is 19.4. The molecule has 1 N–H and O–H groups in total. The van der Waals surface area contributed by atoms with Crippen LogP contribution < -0.4 is 5.32 Å². The molecular formula is C26H30N4O3. The number of nitrogens with zero attached hydrogens (tertiary/aromatic N) is 3. The third kappa shape index (κ3) is 5.25. The first-order valence-electron chi connectivity index (χ1n) is 11.3. The fraction of sp³-hybridized carbons (Fsp3) is 0.346. The summed E-state index contributed by atoms with van der Waals surface area (Å²) < 4.78 is 7.21. The molecule has 2 aromatic heterocycles. The lowest BCUT2D eigenvalue weighted by atomic mass is 9.95. The van der Waals surface area contributed by atoms with Gasteiger partial charge < -0.3 is 14.7 Å². The maximum absolute atomic E-state index is 12.7. The van der Waals surface area contributed by atoms with E-state index >= 15 is 0 Å². The molecule has 1 aliphatic rings. The monoisotopic (exact) mass is 446 g/mol. The molecule has 7 nitrogen and oxygen atoms in total. The Morgan fingerprint density at radius 3 is 2.52 bits per heavy atom. The van der Waals surface area contributed by atoms with Crippen LogP contribution in [0.1, 0.15) is 41.1 Å². The molecule has 172 valence electrons. The molecule has 7 heteroatoms. The number of carbonyl (C=O) groups is 2. The van der Waals surface area contributed by atoms with E-state index < -0.39 is 0 Å². The van der Waals surface area contributed by atoms with Crippen LogP contribution in [0.2, 0.25) is 0 Å². The number of piperidine rings is 1. The van der Waals surface area contributed by atoms with Gasteiger partial charge in [-0.25, -0.2) is 0 Å². The van der Waals surface area contributed by atoms with E-state index in [-0.39, 0.29) is 17.7 Å². The van der Waals surface area contributed by atoms with Gasteiger partial charge in [-0.15, -0.1) is 0 Å². The highest BCUT2D eigenvalue weighted by atomic mass is 16.5. The summed E-state index contributed by atoms with van der Waals surface area (Å²) >= 11 is 0. The molecule has 0 unspecified atom stereocenters. The van der Waals surface area contributed by atoms with Gasteiger partial charge in [-0.1, -0.05) is 35.5 Å². The predicted molar refractivity (Wildman–Crippen MR) is 127 cm³/mol. The summed E-state index contributed by atoms with van der Waals surface area (Å²) in [6.07, 6.45) is 4.84. The van der Waals surface area contributed by atoms with Crippen LogP contribution in [-0.4, -0.2) is 39.5 Å². The molecule has 33 heavy (non-hydrogen) atoms. The van der Waals surface area contributed by atoms with Crippen LogP contribution >= 0.6 is 0 Å². The number of nitrogens with one attached hydrogen (secondary N) is 1. The summed E-state index contributed by atoms with van der Waals surface area (Å²) in [4.78, 5) is 27.1. The molecule has 1 aromatic carbocycles. The van der Waals surface area contributed by atoms with Crippen molar-refractivity contribution in [1.82, 2.24) is 19.9 Å². The smallest absolute Gasteiger partial charge is 0.246 e. The van der Waals surface area contributed by atoms with Crippen LogP contribution in [0.5, 0.6) is 0 Å². The topological polar surface area (TPSA) is 80.4 Å². The molecule has 0 atom stereocenters. The Kier molecular flexibility index (Phi) is 6.77. The minimum absolute atomic E-state index is 0.0276. The third-order valence-electron chi connectivity index (χ3n) is 6.21. The largest absolute Gasteiger partial charge is 0.360 e. The fourth-order valence-electron chi connectivity index (χ4n) is 4.33. The van der Waals surface area contributed by atoms with E-state index in [2.05, 4.69) is 10.5 Å². The number of amides is 2. The van der Waals surface area contributed by atoms with Crippen molar-refractivity contribution in [3.05, 3.63) is 76.8 Å². The fourth-order valence-corrected chi connectivity index (χ4v) is 4.33. The van der Waals surface area contributed by atoms with Crippen LogP contribution in [-0.2, 0) is 16.1 Å². The number of benzene rings is 1. The van der Waals surface area contributed by atoms with E-state index in [4.69, 9.17) is 4.52 Å². The SMILES string of the molecule is Cc1cc(-n2c(C)cc(/C=C/C(=O)N3CCC(C(=O)NCc4ccccc4)CC3)c2C)no1. The molecule has 0 bridgehead atoms. The molecule has 1 fully saturated rings. The van der Waals surface area contributed by atoms with E-state index in [1.165, 1.54) is 0 Å². The minimum Gasteiger partial charge on any atom is -0.360 e. The third-order valence-corrected chi connectivity index (χ3v) is 6.21. The van der Waals surface area contributed by atoms with Gasteiger partial charge in [0.25, 0.3) is 0 Å². The molecule has 0 saturated carbocycles. The standard InChI is InChI=1S/C26H30N4O3/c1-18-15-23(20(3)30(18)24-16-19(2)33-28-24)9-10-25(31)29-13-11-22(12-14-29)26(32)27-17-21-7-5-4-6-8-21/h4-10,15-16,22H,11-14,17H2,1-3H3,(H,27,32)/b10-9+. The molecule has 1 saturated heterocycles. The van der Waals surface area contributed by atoms with Crippen molar-refractivity contribution < 1.29 is 14.1 Å². The Balaban J connectivity index is 1.31. The van der Waals surface area contributed by atoms with E-state index in [9.17, 15) is 9.59 Å². The van der Waals surface area contributed by atoms with Crippen molar-refractivity contribution in [2.75, 3.05) is 13.1 Å². The van der Waals surface area contributed by atoms with Crippen LogP contribution in [0.4, 0.5) is 0 Å². The molecule has 3 heterocycles. The number of carbonyl (C=O) groups excluding carboxylic acids is 2. The van der Waals surface area contributed by atoms with E-state index in [1.807, 2.05) is 78.8 Å². The Bertz CT molecular complexity index is 1150. The van der Waals surface area contributed by atoms with Gasteiger partial charge in [-0.05, 0) is 56.9 Å². The molecule has 4 rings (SSSR count). The van der Waals surface area contributed by atoms with Gasteiger partial charge >= 0.3 is 0 Å². The lowest BCUT2D eigenvalue weighted by Crippen LogP contribution is -2.42. The first-order chi connectivity index (χ1) is 15.9. The van der Waals surface area contributed by atoms with Crippen molar-refractivity contribution in [1.29, 1.82) is 0 Å². The van der Waals surface area contributed by atoms with Gasteiger partial charge in [0, 0.05) is 49.1 Å². The first kappa shape index (κ1) is 22.6. The Labute approximate surface area is 194 Å². The Morgan fingerprint density at radius 1 is 1.12 bits per heavy atom. The zero-order chi connectivity index (χ0) is 23.4. The minimum atomic E-state index is -0.0495. The summed E-state index contributed by atoms with van der Waals surface area (Å²) in [5.41, 5.74) is 4.08. The molecule has 2 amide bonds. The molecule has 0 spiro atoms. The number of hydrogen-bond donors (Lipinski definition) is 1. The normalized spacial score (nSPS) is 14.7. The Hall–Kier alpha value is -3.61. The van der Waals surface area contributed by atoms with Crippen LogP contribution in [0.25, 0.3) is 11.9 Å². The van der Waals surface area contributed by atoms with Crippen molar-refractivity contribution in [3.63, 3.8) is 0 Å². The number of aromatic nitrogens is 2. The molecule has 3 aromatic rings. The van der Waals surface area contributed by atoms with Crippen LogP contribution in [0, 0.1) is 26.7 Å². The molecule has 0 radical (unpaired) electrons. The van der Waals surface area contributed by atoms with Gasteiger partial charge in [-0.3, -0.25) is 14.2 Å². The lowest BCUT2D eigenvalue weighted by Gasteiger charge is -2.30. The second kappa shape index (κ2) is 9.90. The van der Waals surface area contributed by atoms with Gasteiger partial charge in [0.05, 0.1) is 0 Å². The summed E-state index contributed by atoms with van der Waals surface area (Å²) in [6.45, 7) is 7.58.